The lowest BCUT2D eigenvalue weighted by atomic mass is 9.98. The minimum Gasteiger partial charge on any atom is -0.309 e. The minimum atomic E-state index is -0.614. The van der Waals surface area contributed by atoms with Crippen molar-refractivity contribution in [3.63, 3.8) is 0 Å². The van der Waals surface area contributed by atoms with Crippen LogP contribution < -0.4 is 10.6 Å². The Morgan fingerprint density at radius 2 is 1.85 bits per heavy atom. The maximum absolute atomic E-state index is 14.4. The van der Waals surface area contributed by atoms with Gasteiger partial charge >= 0.3 is 0 Å². The standard InChI is InChI=1S/C27H28FN5O/c1-18-9-11-23(24(28)13-18)19(2)14-30-26(20-7-5-4-6-8-20)27(34)32-25-12-10-21(15-29-25)22-16-31-33(3)17-22/h4-13,15-17,19,26,30H,14H2,1-3H3,(H,29,32,34)/t19-,26+/m1/s1. The van der Waals surface area contributed by atoms with Crippen LogP contribution in [0.3, 0.4) is 0 Å². The number of aromatic nitrogens is 3. The van der Waals surface area contributed by atoms with Crippen molar-refractivity contribution < 1.29 is 9.18 Å². The van der Waals surface area contributed by atoms with E-state index in [1.165, 1.54) is 6.07 Å². The summed E-state index contributed by atoms with van der Waals surface area (Å²) in [5.41, 5.74) is 4.19. The number of rotatable bonds is 8. The van der Waals surface area contributed by atoms with Gasteiger partial charge in [0.25, 0.3) is 0 Å². The van der Waals surface area contributed by atoms with E-state index in [1.807, 2.05) is 75.6 Å². The van der Waals surface area contributed by atoms with Crippen molar-refractivity contribution in [3.8, 4) is 11.1 Å². The molecule has 34 heavy (non-hydrogen) atoms. The van der Waals surface area contributed by atoms with Crippen LogP contribution in [0.15, 0.2) is 79.3 Å². The third kappa shape index (κ3) is 5.55. The molecule has 0 saturated carbocycles. The summed E-state index contributed by atoms with van der Waals surface area (Å²) in [4.78, 5) is 17.6. The molecule has 4 aromatic rings. The first-order valence-corrected chi connectivity index (χ1v) is 11.2. The second-order valence-corrected chi connectivity index (χ2v) is 8.50. The number of amides is 1. The zero-order valence-electron chi connectivity index (χ0n) is 19.5. The van der Waals surface area contributed by atoms with Gasteiger partial charge in [-0.2, -0.15) is 5.10 Å². The van der Waals surface area contributed by atoms with Crippen molar-refractivity contribution >= 4 is 11.7 Å². The minimum absolute atomic E-state index is 0.114. The first-order valence-electron chi connectivity index (χ1n) is 11.2. The molecule has 2 aromatic heterocycles. The highest BCUT2D eigenvalue weighted by Gasteiger charge is 2.22. The number of anilines is 1. The van der Waals surface area contributed by atoms with Crippen molar-refractivity contribution in [1.82, 2.24) is 20.1 Å². The number of benzene rings is 2. The number of halogens is 1. The molecule has 2 aromatic carbocycles. The molecule has 0 aliphatic carbocycles. The number of nitrogens with zero attached hydrogens (tertiary/aromatic N) is 3. The van der Waals surface area contributed by atoms with Gasteiger partial charge in [0.1, 0.15) is 17.7 Å². The maximum Gasteiger partial charge on any atom is 0.247 e. The molecule has 174 valence electrons. The van der Waals surface area contributed by atoms with Crippen molar-refractivity contribution in [1.29, 1.82) is 0 Å². The summed E-state index contributed by atoms with van der Waals surface area (Å²) in [6.45, 7) is 4.24. The predicted octanol–water partition coefficient (Wildman–Crippen LogP) is 5.00. The smallest absolute Gasteiger partial charge is 0.247 e. The normalized spacial score (nSPS) is 12.8. The van der Waals surface area contributed by atoms with Crippen LogP contribution in [0.25, 0.3) is 11.1 Å². The van der Waals surface area contributed by atoms with Crippen LogP contribution in [0.2, 0.25) is 0 Å². The van der Waals surface area contributed by atoms with E-state index in [-0.39, 0.29) is 17.6 Å². The van der Waals surface area contributed by atoms with Gasteiger partial charge < -0.3 is 10.6 Å². The van der Waals surface area contributed by atoms with E-state index < -0.39 is 6.04 Å². The fourth-order valence-corrected chi connectivity index (χ4v) is 3.85. The third-order valence-electron chi connectivity index (χ3n) is 5.76. The molecule has 2 heterocycles. The van der Waals surface area contributed by atoms with Crippen molar-refractivity contribution in [2.45, 2.75) is 25.8 Å². The van der Waals surface area contributed by atoms with Gasteiger partial charge in [0, 0.05) is 37.1 Å². The molecule has 6 nitrogen and oxygen atoms in total. The van der Waals surface area contributed by atoms with E-state index >= 15 is 0 Å². The summed E-state index contributed by atoms with van der Waals surface area (Å²) in [6.07, 6.45) is 5.38. The highest BCUT2D eigenvalue weighted by Crippen LogP contribution is 2.23. The molecule has 0 spiro atoms. The van der Waals surface area contributed by atoms with Gasteiger partial charge in [-0.25, -0.2) is 9.37 Å². The summed E-state index contributed by atoms with van der Waals surface area (Å²) < 4.78 is 16.2. The quantitative estimate of drug-likeness (QED) is 0.391. The Morgan fingerprint density at radius 3 is 2.50 bits per heavy atom. The topological polar surface area (TPSA) is 71.8 Å². The molecule has 2 N–H and O–H groups in total. The Morgan fingerprint density at radius 1 is 1.06 bits per heavy atom. The molecule has 0 bridgehead atoms. The van der Waals surface area contributed by atoms with E-state index in [1.54, 1.807) is 23.1 Å². The highest BCUT2D eigenvalue weighted by atomic mass is 19.1. The van der Waals surface area contributed by atoms with Crippen LogP contribution in [0.1, 0.15) is 35.6 Å². The Hall–Kier alpha value is -3.84. The largest absolute Gasteiger partial charge is 0.309 e. The van der Waals surface area contributed by atoms with Gasteiger partial charge in [-0.05, 0) is 47.7 Å². The number of pyridine rings is 1. The lowest BCUT2D eigenvalue weighted by molar-refractivity contribution is -0.118. The number of carbonyl (C=O) groups excluding carboxylic acids is 1. The molecule has 0 fully saturated rings. The van der Waals surface area contributed by atoms with Crippen molar-refractivity contribution in [2.75, 3.05) is 11.9 Å². The van der Waals surface area contributed by atoms with Crippen LogP contribution in [0, 0.1) is 12.7 Å². The molecule has 0 unspecified atom stereocenters. The fraction of sp³-hybridized carbons (Fsp3) is 0.222. The third-order valence-corrected chi connectivity index (χ3v) is 5.76. The molecule has 4 rings (SSSR count). The number of nitrogens with one attached hydrogen (secondary N) is 2. The first kappa shape index (κ1) is 23.3. The van der Waals surface area contributed by atoms with Crippen LogP contribution >= 0.6 is 0 Å². The van der Waals surface area contributed by atoms with Crippen LogP contribution in [-0.2, 0) is 11.8 Å². The van der Waals surface area contributed by atoms with Crippen molar-refractivity contribution in [2.24, 2.45) is 7.05 Å². The SMILES string of the molecule is Cc1ccc([C@H](C)CN[C@H](C(=O)Nc2ccc(-c3cnn(C)c3)cn2)c2ccccc2)c(F)c1. The zero-order chi connectivity index (χ0) is 24.1. The number of carbonyl (C=O) groups is 1. The first-order chi connectivity index (χ1) is 16.4. The molecular formula is C27H28FN5O. The lowest BCUT2D eigenvalue weighted by Gasteiger charge is -2.22. The summed E-state index contributed by atoms with van der Waals surface area (Å²) in [7, 11) is 1.86. The molecule has 2 atom stereocenters. The number of aryl methyl sites for hydroxylation is 2. The highest BCUT2D eigenvalue weighted by molar-refractivity contribution is 5.95. The predicted molar refractivity (Wildman–Crippen MR) is 132 cm³/mol. The molecule has 1 amide bonds. The molecule has 0 aliphatic rings. The Kier molecular flexibility index (Phi) is 7.13. The van der Waals surface area contributed by atoms with Gasteiger partial charge in [-0.15, -0.1) is 0 Å². The number of hydrogen-bond acceptors (Lipinski definition) is 4. The second-order valence-electron chi connectivity index (χ2n) is 8.50. The summed E-state index contributed by atoms with van der Waals surface area (Å²) in [6, 6.07) is 17.8. The van der Waals surface area contributed by atoms with Gasteiger partial charge in [-0.3, -0.25) is 9.48 Å². The van der Waals surface area contributed by atoms with Gasteiger partial charge in [0.15, 0.2) is 0 Å². The van der Waals surface area contributed by atoms with Crippen LogP contribution in [0.5, 0.6) is 0 Å². The van der Waals surface area contributed by atoms with Crippen LogP contribution in [-0.4, -0.2) is 27.2 Å². The Labute approximate surface area is 198 Å². The molecule has 0 saturated heterocycles. The van der Waals surface area contributed by atoms with Gasteiger partial charge in [0.2, 0.25) is 5.91 Å². The molecule has 0 radical (unpaired) electrons. The van der Waals surface area contributed by atoms with Gasteiger partial charge in [-0.1, -0.05) is 49.4 Å². The number of hydrogen-bond donors (Lipinski definition) is 2. The van der Waals surface area contributed by atoms with E-state index in [2.05, 4.69) is 20.7 Å². The molecular weight excluding hydrogens is 429 g/mol. The van der Waals surface area contributed by atoms with E-state index in [0.29, 0.717) is 17.9 Å². The Balaban J connectivity index is 1.47. The summed E-state index contributed by atoms with van der Waals surface area (Å²) >= 11 is 0. The van der Waals surface area contributed by atoms with E-state index in [4.69, 9.17) is 0 Å². The monoisotopic (exact) mass is 457 g/mol. The zero-order valence-corrected chi connectivity index (χ0v) is 19.5. The van der Waals surface area contributed by atoms with Gasteiger partial charge in [0.05, 0.1) is 6.20 Å². The maximum atomic E-state index is 14.4. The van der Waals surface area contributed by atoms with E-state index in [0.717, 1.165) is 22.3 Å². The van der Waals surface area contributed by atoms with E-state index in [9.17, 15) is 9.18 Å². The molecule has 7 heteroatoms. The average molecular weight is 458 g/mol. The summed E-state index contributed by atoms with van der Waals surface area (Å²) in [5.74, 6) is -0.119. The Bertz CT molecular complexity index is 1250. The average Bonchev–Trinajstić information content (AvgIpc) is 3.26. The lowest BCUT2D eigenvalue weighted by Crippen LogP contribution is -2.35. The fourth-order valence-electron chi connectivity index (χ4n) is 3.85. The van der Waals surface area contributed by atoms with Crippen molar-refractivity contribution in [3.05, 3.63) is 102 Å². The second kappa shape index (κ2) is 10.4. The van der Waals surface area contributed by atoms with Crippen LogP contribution in [0.4, 0.5) is 10.2 Å². The summed E-state index contributed by atoms with van der Waals surface area (Å²) in [5, 5.41) is 10.4. The molecule has 0 aliphatic heterocycles.